The van der Waals surface area contributed by atoms with Crippen molar-refractivity contribution >= 4 is 5.97 Å². The molecule has 156 valence electrons. The third kappa shape index (κ3) is 8.37. The molecule has 2 saturated carbocycles. The Labute approximate surface area is 167 Å². The lowest BCUT2D eigenvalue weighted by Gasteiger charge is -2.30. The fourth-order valence-corrected chi connectivity index (χ4v) is 5.41. The van der Waals surface area contributed by atoms with Crippen LogP contribution in [0.4, 0.5) is 0 Å². The summed E-state index contributed by atoms with van der Waals surface area (Å²) in [6.07, 6.45) is 21.2. The molecule has 0 spiro atoms. The number of rotatable bonds is 16. The second-order valence-corrected chi connectivity index (χ2v) is 8.82. The molecule has 0 aliphatic heterocycles. The highest BCUT2D eigenvalue weighted by molar-refractivity contribution is 5.66. The number of allylic oxidation sites excluding steroid dienone is 2. The lowest BCUT2D eigenvalue weighted by molar-refractivity contribution is -0.137. The molecule has 2 aliphatic carbocycles. The van der Waals surface area contributed by atoms with Gasteiger partial charge in [0.1, 0.15) is 0 Å². The van der Waals surface area contributed by atoms with Crippen LogP contribution in [0.3, 0.4) is 0 Å². The van der Waals surface area contributed by atoms with Crippen LogP contribution in [0.5, 0.6) is 0 Å². The van der Waals surface area contributed by atoms with Gasteiger partial charge in [0.25, 0.3) is 0 Å². The van der Waals surface area contributed by atoms with Crippen molar-refractivity contribution in [2.45, 2.75) is 96.8 Å². The fourth-order valence-electron chi connectivity index (χ4n) is 5.41. The average molecular weight is 379 g/mol. The molecule has 0 saturated heterocycles. The van der Waals surface area contributed by atoms with Crippen LogP contribution in [0.25, 0.3) is 0 Å². The Kier molecular flexibility index (Phi) is 11.1. The van der Waals surface area contributed by atoms with Gasteiger partial charge in [0.2, 0.25) is 0 Å². The van der Waals surface area contributed by atoms with Gasteiger partial charge in [-0.3, -0.25) is 4.79 Å². The lowest BCUT2D eigenvalue weighted by Crippen LogP contribution is -2.22. The van der Waals surface area contributed by atoms with Crippen molar-refractivity contribution in [3.05, 3.63) is 12.2 Å². The molecule has 3 nitrogen and oxygen atoms in total. The molecule has 2 fully saturated rings. The Morgan fingerprint density at radius 2 is 1.70 bits per heavy atom. The van der Waals surface area contributed by atoms with Gasteiger partial charge in [-0.05, 0) is 81.5 Å². The van der Waals surface area contributed by atoms with E-state index in [0.717, 1.165) is 49.7 Å². The zero-order valence-electron chi connectivity index (χ0n) is 17.5. The van der Waals surface area contributed by atoms with Crippen molar-refractivity contribution < 1.29 is 14.6 Å². The molecule has 0 heterocycles. The van der Waals surface area contributed by atoms with E-state index in [1.807, 2.05) is 0 Å². The summed E-state index contributed by atoms with van der Waals surface area (Å²) in [7, 11) is 0. The Balaban J connectivity index is 1.57. The van der Waals surface area contributed by atoms with E-state index >= 15 is 0 Å². The molecule has 0 radical (unpaired) electrons. The molecule has 27 heavy (non-hydrogen) atoms. The van der Waals surface area contributed by atoms with E-state index in [0.29, 0.717) is 6.42 Å². The number of carboxylic acid groups (broad SMARTS) is 1. The quantitative estimate of drug-likeness (QED) is 0.242. The summed E-state index contributed by atoms with van der Waals surface area (Å²) in [4.78, 5) is 10.6. The van der Waals surface area contributed by atoms with E-state index in [9.17, 15) is 4.79 Å². The molecule has 1 N–H and O–H groups in total. The van der Waals surface area contributed by atoms with E-state index in [1.165, 1.54) is 70.6 Å². The number of hydrogen-bond donors (Lipinski definition) is 1. The number of hydrogen-bond acceptors (Lipinski definition) is 2. The predicted octanol–water partition coefficient (Wildman–Crippen LogP) is 6.62. The van der Waals surface area contributed by atoms with Crippen molar-refractivity contribution in [3.8, 4) is 0 Å². The topological polar surface area (TPSA) is 46.5 Å². The highest BCUT2D eigenvalue weighted by Crippen LogP contribution is 2.55. The van der Waals surface area contributed by atoms with Crippen molar-refractivity contribution in [1.82, 2.24) is 0 Å². The smallest absolute Gasteiger partial charge is 0.303 e. The zero-order chi connectivity index (χ0) is 19.3. The number of aliphatic carboxylic acids is 1. The molecule has 2 bridgehead atoms. The number of carboxylic acids is 1. The van der Waals surface area contributed by atoms with Crippen LogP contribution in [0.2, 0.25) is 0 Å². The maximum Gasteiger partial charge on any atom is 0.303 e. The maximum atomic E-state index is 10.6. The molecule has 0 aromatic rings. The Bertz CT molecular complexity index is 431. The number of ether oxygens (including phenoxy) is 1. The highest BCUT2D eigenvalue weighted by Gasteiger charge is 2.45. The minimum atomic E-state index is -0.679. The summed E-state index contributed by atoms with van der Waals surface area (Å²) in [6.45, 7) is 4.14. The van der Waals surface area contributed by atoms with E-state index in [-0.39, 0.29) is 0 Å². The molecule has 2 rings (SSSR count). The van der Waals surface area contributed by atoms with Gasteiger partial charge < -0.3 is 9.84 Å². The van der Waals surface area contributed by atoms with Crippen LogP contribution in [-0.4, -0.2) is 24.3 Å². The van der Waals surface area contributed by atoms with Crippen molar-refractivity contribution in [2.75, 3.05) is 13.2 Å². The molecule has 0 aromatic carbocycles. The van der Waals surface area contributed by atoms with E-state index < -0.39 is 5.97 Å². The minimum Gasteiger partial charge on any atom is -0.481 e. The Morgan fingerprint density at radius 3 is 2.44 bits per heavy atom. The summed E-state index contributed by atoms with van der Waals surface area (Å²) in [5.41, 5.74) is 0. The standard InChI is InChI=1S/C24H42O3/c1-2-3-4-10-17-27-18-11-9-13-23-21-16-15-20(19-21)22(23)12-7-5-6-8-14-24(25)26/h5,7,20-23H,2-4,6,8-19H2,1H3,(H,25,26)/b7-5-/t20-,21+,22-,23+/m0/s1. The molecule has 0 aromatic heterocycles. The second-order valence-electron chi connectivity index (χ2n) is 8.82. The summed E-state index contributed by atoms with van der Waals surface area (Å²) < 4.78 is 5.80. The monoisotopic (exact) mass is 378 g/mol. The largest absolute Gasteiger partial charge is 0.481 e. The fraction of sp³-hybridized carbons (Fsp3) is 0.875. The summed E-state index contributed by atoms with van der Waals surface area (Å²) in [6, 6.07) is 0. The van der Waals surface area contributed by atoms with E-state index in [2.05, 4.69) is 19.1 Å². The molecule has 0 amide bonds. The SMILES string of the molecule is CCCCCCOCCCC[C@@H]1[C@@H]2CC[C@@H](C2)[C@@H]1C/C=C\CCCC(=O)O. The first kappa shape index (κ1) is 22.5. The van der Waals surface area contributed by atoms with Crippen LogP contribution < -0.4 is 0 Å². The van der Waals surface area contributed by atoms with Crippen molar-refractivity contribution in [1.29, 1.82) is 0 Å². The lowest BCUT2D eigenvalue weighted by atomic mass is 9.75. The number of carbonyl (C=O) groups is 1. The van der Waals surface area contributed by atoms with Gasteiger partial charge >= 0.3 is 5.97 Å². The summed E-state index contributed by atoms with van der Waals surface area (Å²) in [5.74, 6) is 3.07. The van der Waals surface area contributed by atoms with Crippen LogP contribution in [0, 0.1) is 23.7 Å². The third-order valence-electron chi connectivity index (χ3n) is 6.83. The van der Waals surface area contributed by atoms with Gasteiger partial charge in [0.05, 0.1) is 0 Å². The van der Waals surface area contributed by atoms with Crippen LogP contribution in [0.15, 0.2) is 12.2 Å². The van der Waals surface area contributed by atoms with Gasteiger partial charge in [0.15, 0.2) is 0 Å². The summed E-state index contributed by atoms with van der Waals surface area (Å²) >= 11 is 0. The molecular formula is C24H42O3. The Morgan fingerprint density at radius 1 is 0.963 bits per heavy atom. The van der Waals surface area contributed by atoms with Crippen molar-refractivity contribution in [2.24, 2.45) is 23.7 Å². The van der Waals surface area contributed by atoms with Gasteiger partial charge in [-0.15, -0.1) is 0 Å². The molecular weight excluding hydrogens is 336 g/mol. The first-order valence-corrected chi connectivity index (χ1v) is 11.7. The molecule has 3 heteroatoms. The van der Waals surface area contributed by atoms with Gasteiger partial charge in [0, 0.05) is 19.6 Å². The first-order chi connectivity index (χ1) is 13.2. The molecule has 4 atom stereocenters. The van der Waals surface area contributed by atoms with E-state index in [1.54, 1.807) is 0 Å². The number of unbranched alkanes of at least 4 members (excludes halogenated alkanes) is 5. The van der Waals surface area contributed by atoms with Gasteiger partial charge in [-0.25, -0.2) is 0 Å². The van der Waals surface area contributed by atoms with Crippen LogP contribution in [-0.2, 0) is 9.53 Å². The third-order valence-corrected chi connectivity index (χ3v) is 6.83. The number of fused-ring (bicyclic) bond motifs is 2. The maximum absolute atomic E-state index is 10.6. The predicted molar refractivity (Wildman–Crippen MR) is 112 cm³/mol. The van der Waals surface area contributed by atoms with Gasteiger partial charge in [-0.2, -0.15) is 0 Å². The normalized spacial score (nSPS) is 27.0. The highest BCUT2D eigenvalue weighted by atomic mass is 16.5. The van der Waals surface area contributed by atoms with Gasteiger partial charge in [-0.1, -0.05) is 44.8 Å². The zero-order valence-corrected chi connectivity index (χ0v) is 17.5. The molecule has 2 aliphatic rings. The second kappa shape index (κ2) is 13.4. The molecule has 0 unspecified atom stereocenters. The van der Waals surface area contributed by atoms with E-state index in [4.69, 9.17) is 9.84 Å². The van der Waals surface area contributed by atoms with Crippen LogP contribution in [0.1, 0.15) is 96.8 Å². The minimum absolute atomic E-state index is 0.293. The van der Waals surface area contributed by atoms with Crippen LogP contribution >= 0.6 is 0 Å². The van der Waals surface area contributed by atoms with Crippen molar-refractivity contribution in [3.63, 3.8) is 0 Å². The average Bonchev–Trinajstić information content (AvgIpc) is 3.25. The first-order valence-electron chi connectivity index (χ1n) is 11.7. The Hall–Kier alpha value is -0.830. The summed E-state index contributed by atoms with van der Waals surface area (Å²) in [5, 5.41) is 8.70.